The van der Waals surface area contributed by atoms with Gasteiger partial charge in [0, 0.05) is 17.6 Å². The molecule has 0 saturated heterocycles. The van der Waals surface area contributed by atoms with Crippen LogP contribution in [0.5, 0.6) is 5.75 Å². The third kappa shape index (κ3) is 3.96. The Morgan fingerprint density at radius 2 is 1.77 bits per heavy atom. The summed E-state index contributed by atoms with van der Waals surface area (Å²) in [6.07, 6.45) is 0. The van der Waals surface area contributed by atoms with Crippen LogP contribution in [0.15, 0.2) is 77.6 Å². The zero-order valence-corrected chi connectivity index (χ0v) is 16.9. The smallest absolute Gasteiger partial charge is 0.255 e. The van der Waals surface area contributed by atoms with E-state index in [4.69, 9.17) is 4.74 Å². The molecule has 3 aromatic carbocycles. The SMILES string of the molecule is COc1ccc(-c2ccccc2)cc1C(=O)NCc1cc2cc(C)ccc2[nH]c1=O. The van der Waals surface area contributed by atoms with Gasteiger partial charge in [-0.1, -0.05) is 48.0 Å². The van der Waals surface area contributed by atoms with Crippen LogP contribution in [0, 0.1) is 6.92 Å². The normalized spacial score (nSPS) is 10.7. The molecule has 0 spiro atoms. The highest BCUT2D eigenvalue weighted by atomic mass is 16.5. The number of aromatic nitrogens is 1. The molecule has 30 heavy (non-hydrogen) atoms. The zero-order valence-electron chi connectivity index (χ0n) is 16.9. The topological polar surface area (TPSA) is 71.2 Å². The van der Waals surface area contributed by atoms with Gasteiger partial charge in [-0.15, -0.1) is 0 Å². The Hall–Kier alpha value is -3.86. The lowest BCUT2D eigenvalue weighted by Crippen LogP contribution is -2.27. The summed E-state index contributed by atoms with van der Waals surface area (Å²) in [5.41, 5.74) is 4.52. The molecule has 1 aromatic heterocycles. The van der Waals surface area contributed by atoms with E-state index in [0.29, 0.717) is 16.9 Å². The Morgan fingerprint density at radius 3 is 2.53 bits per heavy atom. The standard InChI is InChI=1S/C25H22N2O3/c1-16-8-10-22-19(12-16)13-20(24(28)27-22)15-26-25(29)21-14-18(9-11-23(21)30-2)17-6-4-3-5-7-17/h3-14H,15H2,1-2H3,(H,26,29)(H,27,28). The van der Waals surface area contributed by atoms with Gasteiger partial charge in [-0.05, 0) is 53.8 Å². The van der Waals surface area contributed by atoms with Gasteiger partial charge in [0.1, 0.15) is 5.75 Å². The number of carbonyl (C=O) groups excluding carboxylic acids is 1. The van der Waals surface area contributed by atoms with Gasteiger partial charge in [0.25, 0.3) is 11.5 Å². The third-order valence-electron chi connectivity index (χ3n) is 5.07. The van der Waals surface area contributed by atoms with Crippen molar-refractivity contribution in [3.05, 3.63) is 99.8 Å². The maximum Gasteiger partial charge on any atom is 0.255 e. The molecule has 5 heteroatoms. The van der Waals surface area contributed by atoms with Gasteiger partial charge >= 0.3 is 0 Å². The van der Waals surface area contributed by atoms with Crippen molar-refractivity contribution in [2.45, 2.75) is 13.5 Å². The van der Waals surface area contributed by atoms with Crippen LogP contribution in [-0.4, -0.2) is 18.0 Å². The number of rotatable bonds is 5. The van der Waals surface area contributed by atoms with Crippen molar-refractivity contribution in [1.29, 1.82) is 0 Å². The van der Waals surface area contributed by atoms with Crippen LogP contribution < -0.4 is 15.6 Å². The first kappa shape index (κ1) is 19.5. The maximum atomic E-state index is 12.9. The molecule has 0 aliphatic heterocycles. The first-order chi connectivity index (χ1) is 14.5. The summed E-state index contributed by atoms with van der Waals surface area (Å²) in [6.45, 7) is 2.12. The molecule has 0 bridgehead atoms. The van der Waals surface area contributed by atoms with Crippen LogP contribution in [0.3, 0.4) is 0 Å². The van der Waals surface area contributed by atoms with E-state index in [-0.39, 0.29) is 18.0 Å². The number of amides is 1. The second kappa shape index (κ2) is 8.25. The molecule has 5 nitrogen and oxygen atoms in total. The quantitative estimate of drug-likeness (QED) is 0.522. The summed E-state index contributed by atoms with van der Waals surface area (Å²) in [5.74, 6) is 0.184. The molecule has 0 saturated carbocycles. The van der Waals surface area contributed by atoms with Gasteiger partial charge in [-0.3, -0.25) is 9.59 Å². The van der Waals surface area contributed by atoms with Gasteiger partial charge in [0.05, 0.1) is 12.7 Å². The van der Waals surface area contributed by atoms with Crippen molar-refractivity contribution < 1.29 is 9.53 Å². The lowest BCUT2D eigenvalue weighted by atomic mass is 10.0. The second-order valence-corrected chi connectivity index (χ2v) is 7.18. The molecule has 0 unspecified atom stereocenters. The first-order valence-corrected chi connectivity index (χ1v) is 9.69. The number of carbonyl (C=O) groups is 1. The minimum atomic E-state index is -0.298. The molecule has 0 atom stereocenters. The Kier molecular flexibility index (Phi) is 5.35. The number of pyridine rings is 1. The number of fused-ring (bicyclic) bond motifs is 1. The van der Waals surface area contributed by atoms with Gasteiger partial charge in [0.2, 0.25) is 0 Å². The van der Waals surface area contributed by atoms with Crippen molar-refractivity contribution in [2.75, 3.05) is 7.11 Å². The molecule has 0 aliphatic carbocycles. The number of aryl methyl sites for hydroxylation is 1. The van der Waals surface area contributed by atoms with Gasteiger partial charge < -0.3 is 15.0 Å². The highest BCUT2D eigenvalue weighted by Gasteiger charge is 2.14. The van der Waals surface area contributed by atoms with Gasteiger partial charge in [-0.25, -0.2) is 0 Å². The molecule has 0 aliphatic rings. The molecule has 1 heterocycles. The monoisotopic (exact) mass is 398 g/mol. The molecular formula is C25H22N2O3. The molecular weight excluding hydrogens is 376 g/mol. The molecule has 2 N–H and O–H groups in total. The number of methoxy groups -OCH3 is 1. The average molecular weight is 398 g/mol. The number of aromatic amines is 1. The Bertz CT molecular complexity index is 1280. The predicted octanol–water partition coefficient (Wildman–Crippen LogP) is 4.44. The number of hydrogen-bond donors (Lipinski definition) is 2. The van der Waals surface area contributed by atoms with Crippen LogP contribution in [0.25, 0.3) is 22.0 Å². The van der Waals surface area contributed by atoms with Crippen LogP contribution in [0.2, 0.25) is 0 Å². The van der Waals surface area contributed by atoms with E-state index < -0.39 is 0 Å². The lowest BCUT2D eigenvalue weighted by Gasteiger charge is -2.12. The van der Waals surface area contributed by atoms with E-state index in [1.807, 2.05) is 67.6 Å². The van der Waals surface area contributed by atoms with Gasteiger partial charge in [-0.2, -0.15) is 0 Å². The number of ether oxygens (including phenoxy) is 1. The third-order valence-corrected chi connectivity index (χ3v) is 5.07. The minimum absolute atomic E-state index is 0.122. The minimum Gasteiger partial charge on any atom is -0.496 e. The molecule has 4 rings (SSSR count). The Labute approximate surface area is 174 Å². The Morgan fingerprint density at radius 1 is 0.967 bits per heavy atom. The van der Waals surface area contributed by atoms with Crippen molar-refractivity contribution in [2.24, 2.45) is 0 Å². The van der Waals surface area contributed by atoms with Crippen LogP contribution in [-0.2, 0) is 6.54 Å². The van der Waals surface area contributed by atoms with E-state index in [1.54, 1.807) is 12.1 Å². The molecule has 0 radical (unpaired) electrons. The van der Waals surface area contributed by atoms with Crippen molar-refractivity contribution >= 4 is 16.8 Å². The Balaban J connectivity index is 1.60. The highest BCUT2D eigenvalue weighted by molar-refractivity contribution is 5.98. The number of H-pyrrole nitrogens is 1. The molecule has 150 valence electrons. The van der Waals surface area contributed by atoms with Crippen LogP contribution >= 0.6 is 0 Å². The highest BCUT2D eigenvalue weighted by Crippen LogP contribution is 2.26. The lowest BCUT2D eigenvalue weighted by molar-refractivity contribution is 0.0948. The number of benzene rings is 3. The summed E-state index contributed by atoms with van der Waals surface area (Å²) in [7, 11) is 1.53. The fourth-order valence-corrected chi connectivity index (χ4v) is 3.47. The summed E-state index contributed by atoms with van der Waals surface area (Å²) in [5, 5.41) is 3.78. The van der Waals surface area contributed by atoms with Crippen molar-refractivity contribution in [3.8, 4) is 16.9 Å². The average Bonchev–Trinajstić information content (AvgIpc) is 2.78. The summed E-state index contributed by atoms with van der Waals surface area (Å²) in [6, 6.07) is 23.0. The predicted molar refractivity (Wildman–Crippen MR) is 119 cm³/mol. The largest absolute Gasteiger partial charge is 0.496 e. The second-order valence-electron chi connectivity index (χ2n) is 7.18. The van der Waals surface area contributed by atoms with E-state index >= 15 is 0 Å². The molecule has 0 fully saturated rings. The molecule has 1 amide bonds. The summed E-state index contributed by atoms with van der Waals surface area (Å²) < 4.78 is 5.38. The van der Waals surface area contributed by atoms with Gasteiger partial charge in [0.15, 0.2) is 0 Å². The number of nitrogens with one attached hydrogen (secondary N) is 2. The van der Waals surface area contributed by atoms with E-state index in [0.717, 1.165) is 27.6 Å². The maximum absolute atomic E-state index is 12.9. The van der Waals surface area contributed by atoms with Crippen molar-refractivity contribution in [1.82, 2.24) is 10.3 Å². The molecule has 4 aromatic rings. The first-order valence-electron chi connectivity index (χ1n) is 9.69. The summed E-state index contributed by atoms with van der Waals surface area (Å²) in [4.78, 5) is 28.2. The van der Waals surface area contributed by atoms with E-state index in [1.165, 1.54) is 7.11 Å². The van der Waals surface area contributed by atoms with Crippen LogP contribution in [0.1, 0.15) is 21.5 Å². The fourth-order valence-electron chi connectivity index (χ4n) is 3.47. The van der Waals surface area contributed by atoms with Crippen molar-refractivity contribution in [3.63, 3.8) is 0 Å². The number of hydrogen-bond acceptors (Lipinski definition) is 3. The fraction of sp³-hybridized carbons (Fsp3) is 0.120. The van der Waals surface area contributed by atoms with E-state index in [9.17, 15) is 9.59 Å². The summed E-state index contributed by atoms with van der Waals surface area (Å²) >= 11 is 0. The van der Waals surface area contributed by atoms with Crippen LogP contribution in [0.4, 0.5) is 0 Å². The van der Waals surface area contributed by atoms with E-state index in [2.05, 4.69) is 10.3 Å². The zero-order chi connectivity index (χ0) is 21.1.